The lowest BCUT2D eigenvalue weighted by molar-refractivity contribution is -0.116. The van der Waals surface area contributed by atoms with Crippen LogP contribution in [0.25, 0.3) is 0 Å². The normalized spacial score (nSPS) is 10.0. The fourth-order valence-corrected chi connectivity index (χ4v) is 0.914. The second-order valence-corrected chi connectivity index (χ2v) is 2.80. The summed E-state index contributed by atoms with van der Waals surface area (Å²) in [5.41, 5.74) is 0.900. The van der Waals surface area contributed by atoms with Gasteiger partial charge in [-0.2, -0.15) is 5.10 Å². The Labute approximate surface area is 76.2 Å². The molecule has 13 heavy (non-hydrogen) atoms. The van der Waals surface area contributed by atoms with Crippen LogP contribution in [0.15, 0.2) is 6.20 Å². The van der Waals surface area contributed by atoms with E-state index in [1.54, 1.807) is 6.20 Å². The summed E-state index contributed by atoms with van der Waals surface area (Å²) in [5.74, 6) is 0.518. The van der Waals surface area contributed by atoms with Gasteiger partial charge in [0.05, 0.1) is 6.20 Å². The summed E-state index contributed by atoms with van der Waals surface area (Å²) in [6.07, 6.45) is 2.45. The molecule has 0 aliphatic rings. The largest absolute Gasteiger partial charge is 0.396 e. The first-order chi connectivity index (χ1) is 6.24. The molecule has 0 unspecified atom stereocenters. The van der Waals surface area contributed by atoms with Gasteiger partial charge in [0, 0.05) is 18.6 Å². The van der Waals surface area contributed by atoms with Gasteiger partial charge in [0.2, 0.25) is 5.91 Å². The maximum Gasteiger partial charge on any atom is 0.225 e. The van der Waals surface area contributed by atoms with Crippen LogP contribution in [-0.2, 0) is 4.79 Å². The van der Waals surface area contributed by atoms with E-state index in [1.165, 1.54) is 0 Å². The Morgan fingerprint density at radius 2 is 2.54 bits per heavy atom. The summed E-state index contributed by atoms with van der Waals surface area (Å²) < 4.78 is 0. The smallest absolute Gasteiger partial charge is 0.225 e. The highest BCUT2D eigenvalue weighted by Gasteiger charge is 2.04. The van der Waals surface area contributed by atoms with E-state index in [0.29, 0.717) is 18.7 Å². The fourth-order valence-electron chi connectivity index (χ4n) is 0.914. The van der Waals surface area contributed by atoms with E-state index in [2.05, 4.69) is 15.5 Å². The topological polar surface area (TPSA) is 78.0 Å². The molecular formula is C8H13N3O2. The number of rotatable bonds is 4. The molecule has 0 atom stereocenters. The van der Waals surface area contributed by atoms with Crippen molar-refractivity contribution in [3.05, 3.63) is 11.8 Å². The molecule has 5 nitrogen and oxygen atoms in total. The van der Waals surface area contributed by atoms with Crippen LogP contribution in [0.3, 0.4) is 0 Å². The lowest BCUT2D eigenvalue weighted by Gasteiger charge is -2.01. The number of amides is 1. The van der Waals surface area contributed by atoms with Crippen molar-refractivity contribution in [1.29, 1.82) is 0 Å². The Hall–Kier alpha value is -1.36. The zero-order valence-electron chi connectivity index (χ0n) is 7.50. The number of aliphatic hydroxyl groups is 1. The minimum Gasteiger partial charge on any atom is -0.396 e. The third-order valence-electron chi connectivity index (χ3n) is 1.66. The number of aryl methyl sites for hydroxylation is 1. The predicted octanol–water partition coefficient (Wildman–Crippen LogP) is 0.429. The molecule has 0 bridgehead atoms. The van der Waals surface area contributed by atoms with Gasteiger partial charge in [0.1, 0.15) is 5.82 Å². The minimum absolute atomic E-state index is 0.0371. The van der Waals surface area contributed by atoms with Gasteiger partial charge in [0.15, 0.2) is 0 Å². The van der Waals surface area contributed by atoms with Gasteiger partial charge >= 0.3 is 0 Å². The summed E-state index contributed by atoms with van der Waals surface area (Å²) in [6.45, 7) is 1.89. The summed E-state index contributed by atoms with van der Waals surface area (Å²) in [6, 6.07) is 0. The summed E-state index contributed by atoms with van der Waals surface area (Å²) in [5, 5.41) is 17.6. The van der Waals surface area contributed by atoms with Crippen molar-refractivity contribution in [3.63, 3.8) is 0 Å². The van der Waals surface area contributed by atoms with Gasteiger partial charge < -0.3 is 10.4 Å². The molecule has 0 aromatic carbocycles. The number of aromatic amines is 1. The average molecular weight is 183 g/mol. The van der Waals surface area contributed by atoms with Crippen LogP contribution in [0.2, 0.25) is 0 Å². The average Bonchev–Trinajstić information content (AvgIpc) is 2.48. The zero-order valence-corrected chi connectivity index (χ0v) is 7.50. The van der Waals surface area contributed by atoms with E-state index < -0.39 is 0 Å². The highest BCUT2D eigenvalue weighted by atomic mass is 16.3. The lowest BCUT2D eigenvalue weighted by Crippen LogP contribution is -2.12. The second kappa shape index (κ2) is 4.61. The number of carbonyl (C=O) groups is 1. The van der Waals surface area contributed by atoms with E-state index in [9.17, 15) is 4.79 Å². The van der Waals surface area contributed by atoms with Crippen LogP contribution in [0.1, 0.15) is 18.4 Å². The first-order valence-electron chi connectivity index (χ1n) is 4.14. The van der Waals surface area contributed by atoms with E-state index in [4.69, 9.17) is 5.11 Å². The van der Waals surface area contributed by atoms with Crippen LogP contribution < -0.4 is 5.32 Å². The van der Waals surface area contributed by atoms with E-state index in [1.807, 2.05) is 6.92 Å². The Morgan fingerprint density at radius 1 is 1.77 bits per heavy atom. The number of nitrogens with zero attached hydrogens (tertiary/aromatic N) is 1. The molecule has 1 aromatic heterocycles. The van der Waals surface area contributed by atoms with Crippen molar-refractivity contribution in [3.8, 4) is 0 Å². The Balaban J connectivity index is 2.41. The van der Waals surface area contributed by atoms with Gasteiger partial charge in [0.25, 0.3) is 0 Å². The van der Waals surface area contributed by atoms with Gasteiger partial charge in [-0.15, -0.1) is 0 Å². The zero-order chi connectivity index (χ0) is 9.68. The molecule has 0 saturated carbocycles. The van der Waals surface area contributed by atoms with Crippen LogP contribution in [0.5, 0.6) is 0 Å². The summed E-state index contributed by atoms with van der Waals surface area (Å²) >= 11 is 0. The number of hydrogen-bond donors (Lipinski definition) is 3. The molecule has 0 radical (unpaired) electrons. The quantitative estimate of drug-likeness (QED) is 0.633. The van der Waals surface area contributed by atoms with Crippen molar-refractivity contribution in [2.24, 2.45) is 0 Å². The van der Waals surface area contributed by atoms with Gasteiger partial charge in [-0.25, -0.2) is 0 Å². The second-order valence-electron chi connectivity index (χ2n) is 2.80. The van der Waals surface area contributed by atoms with Crippen LogP contribution in [-0.4, -0.2) is 27.8 Å². The Kier molecular flexibility index (Phi) is 3.45. The van der Waals surface area contributed by atoms with Gasteiger partial charge in [-0.3, -0.25) is 9.89 Å². The molecule has 0 saturated heterocycles. The number of aliphatic hydroxyl groups excluding tert-OH is 1. The Bertz CT molecular complexity index is 283. The molecule has 1 amide bonds. The molecule has 1 heterocycles. The molecule has 1 aromatic rings. The van der Waals surface area contributed by atoms with Crippen molar-refractivity contribution >= 4 is 11.7 Å². The number of H-pyrrole nitrogens is 1. The molecule has 5 heteroatoms. The first-order valence-corrected chi connectivity index (χ1v) is 4.14. The maximum atomic E-state index is 11.2. The Morgan fingerprint density at radius 3 is 3.08 bits per heavy atom. The van der Waals surface area contributed by atoms with E-state index in [-0.39, 0.29) is 12.5 Å². The molecule has 3 N–H and O–H groups in total. The predicted molar refractivity (Wildman–Crippen MR) is 48.3 cm³/mol. The maximum absolute atomic E-state index is 11.2. The van der Waals surface area contributed by atoms with Crippen LogP contribution >= 0.6 is 0 Å². The monoisotopic (exact) mass is 183 g/mol. The SMILES string of the molecule is Cc1cn[nH]c1NC(=O)CCCO. The number of anilines is 1. The molecular weight excluding hydrogens is 170 g/mol. The highest BCUT2D eigenvalue weighted by molar-refractivity contribution is 5.90. The third kappa shape index (κ3) is 2.87. The van der Waals surface area contributed by atoms with E-state index >= 15 is 0 Å². The molecule has 0 aliphatic heterocycles. The molecule has 0 spiro atoms. The van der Waals surface area contributed by atoms with Gasteiger partial charge in [-0.05, 0) is 13.3 Å². The van der Waals surface area contributed by atoms with Crippen LogP contribution in [0.4, 0.5) is 5.82 Å². The first kappa shape index (κ1) is 9.73. The standard InChI is InChI=1S/C8H13N3O2/c1-6-5-9-11-8(6)10-7(13)3-2-4-12/h5,12H,2-4H2,1H3,(H2,9,10,11,13). The van der Waals surface area contributed by atoms with Crippen LogP contribution in [0, 0.1) is 6.92 Å². The minimum atomic E-state index is -0.110. The number of nitrogens with one attached hydrogen (secondary N) is 2. The fraction of sp³-hybridized carbons (Fsp3) is 0.500. The molecule has 0 aliphatic carbocycles. The van der Waals surface area contributed by atoms with Crippen molar-refractivity contribution < 1.29 is 9.90 Å². The highest BCUT2D eigenvalue weighted by Crippen LogP contribution is 2.08. The number of hydrogen-bond acceptors (Lipinski definition) is 3. The summed E-state index contributed by atoms with van der Waals surface area (Å²) in [4.78, 5) is 11.2. The van der Waals surface area contributed by atoms with Crippen molar-refractivity contribution in [2.75, 3.05) is 11.9 Å². The lowest BCUT2D eigenvalue weighted by atomic mass is 10.3. The summed E-state index contributed by atoms with van der Waals surface area (Å²) in [7, 11) is 0. The van der Waals surface area contributed by atoms with Crippen molar-refractivity contribution in [1.82, 2.24) is 10.2 Å². The third-order valence-corrected chi connectivity index (χ3v) is 1.66. The molecule has 72 valence electrons. The van der Waals surface area contributed by atoms with Crippen molar-refractivity contribution in [2.45, 2.75) is 19.8 Å². The van der Waals surface area contributed by atoms with Gasteiger partial charge in [-0.1, -0.05) is 0 Å². The molecule has 1 rings (SSSR count). The number of aromatic nitrogens is 2. The number of carbonyl (C=O) groups excluding carboxylic acids is 1. The van der Waals surface area contributed by atoms with E-state index in [0.717, 1.165) is 5.56 Å². The molecule has 0 fully saturated rings.